The molecule has 2 amide bonds. The number of hydrogen-bond donors (Lipinski definition) is 1. The number of carbonyl (C=O) groups excluding carboxylic acids is 2. The molecule has 1 unspecified atom stereocenters. The molecule has 0 saturated heterocycles. The van der Waals surface area contributed by atoms with Gasteiger partial charge in [0, 0.05) is 55.0 Å². The second-order valence-electron chi connectivity index (χ2n) is 14.2. The lowest BCUT2D eigenvalue weighted by Gasteiger charge is -2.46. The van der Waals surface area contributed by atoms with Gasteiger partial charge in [-0.1, -0.05) is 35.9 Å². The molecule has 2 aliphatic carbocycles. The van der Waals surface area contributed by atoms with Gasteiger partial charge in [-0.05, 0) is 116 Å². The maximum Gasteiger partial charge on any atom is 0.286 e. The van der Waals surface area contributed by atoms with Gasteiger partial charge in [-0.3, -0.25) is 19.3 Å². The number of rotatable bonds is 5. The molecule has 1 saturated carbocycles. The first-order valence-corrected chi connectivity index (χ1v) is 19.8. The van der Waals surface area contributed by atoms with Crippen LogP contribution in [0.15, 0.2) is 77.4 Å². The van der Waals surface area contributed by atoms with E-state index in [2.05, 4.69) is 43.3 Å². The average molecular weight is 717 g/mol. The zero-order valence-corrected chi connectivity index (χ0v) is 30.1. The van der Waals surface area contributed by atoms with Crippen LogP contribution < -0.4 is 14.4 Å². The Hall–Kier alpha value is -3.73. The molecule has 50 heavy (non-hydrogen) atoms. The third-order valence-electron chi connectivity index (χ3n) is 10.9. The van der Waals surface area contributed by atoms with Crippen molar-refractivity contribution >= 4 is 39.0 Å². The van der Waals surface area contributed by atoms with Gasteiger partial charge >= 0.3 is 0 Å². The summed E-state index contributed by atoms with van der Waals surface area (Å²) in [6, 6.07) is 15.3. The Labute approximate surface area is 300 Å². The number of pyridine rings is 1. The van der Waals surface area contributed by atoms with Crippen molar-refractivity contribution in [3.05, 3.63) is 100 Å². The maximum absolute atomic E-state index is 14.2. The van der Waals surface area contributed by atoms with Crippen molar-refractivity contribution in [1.82, 2.24) is 9.71 Å². The first-order chi connectivity index (χ1) is 24.2. The van der Waals surface area contributed by atoms with E-state index in [1.165, 1.54) is 11.1 Å². The van der Waals surface area contributed by atoms with E-state index in [-0.39, 0.29) is 23.7 Å². The summed E-state index contributed by atoms with van der Waals surface area (Å²) in [5, 5.41) is 0.743. The van der Waals surface area contributed by atoms with Gasteiger partial charge in [0.25, 0.3) is 5.91 Å². The zero-order chi connectivity index (χ0) is 34.7. The lowest BCUT2D eigenvalue weighted by Crippen LogP contribution is -2.49. The molecular formula is C39H45ClN4O5S. The number of carbonyl (C=O) groups is 2. The summed E-state index contributed by atoms with van der Waals surface area (Å²) >= 11 is 6.45. The number of nitrogens with one attached hydrogen (secondary N) is 1. The van der Waals surface area contributed by atoms with Crippen LogP contribution in [0.1, 0.15) is 72.0 Å². The number of benzene rings is 2. The van der Waals surface area contributed by atoms with E-state index in [0.717, 1.165) is 61.5 Å². The van der Waals surface area contributed by atoms with Crippen LogP contribution in [0.2, 0.25) is 5.02 Å². The Morgan fingerprint density at radius 3 is 2.88 bits per heavy atom. The fraction of sp³-hybridized carbons (Fsp3) is 0.462. The second-order valence-corrected chi connectivity index (χ2v) is 16.7. The molecular weight excluding hydrogens is 672 g/mol. The summed E-state index contributed by atoms with van der Waals surface area (Å²) in [6.45, 7) is 2.03. The molecule has 0 radical (unpaired) electrons. The minimum absolute atomic E-state index is 0.0370. The van der Waals surface area contributed by atoms with E-state index < -0.39 is 21.7 Å². The lowest BCUT2D eigenvalue weighted by molar-refractivity contribution is -0.119. The summed E-state index contributed by atoms with van der Waals surface area (Å²) in [5.41, 5.74) is 4.34. The van der Waals surface area contributed by atoms with E-state index in [4.69, 9.17) is 21.1 Å². The smallest absolute Gasteiger partial charge is 0.286 e. The number of nitrogens with zero attached hydrogens (tertiary/aromatic N) is 3. The van der Waals surface area contributed by atoms with E-state index in [1.807, 2.05) is 30.3 Å². The minimum atomic E-state index is -3.41. The van der Waals surface area contributed by atoms with Crippen LogP contribution in [0, 0.1) is 11.8 Å². The summed E-state index contributed by atoms with van der Waals surface area (Å²) in [6.07, 6.45) is 14.4. The van der Waals surface area contributed by atoms with Gasteiger partial charge in [-0.15, -0.1) is 4.36 Å². The predicted octanol–water partition coefficient (Wildman–Crippen LogP) is 6.87. The molecule has 4 aliphatic rings. The fourth-order valence-electron chi connectivity index (χ4n) is 8.15. The van der Waals surface area contributed by atoms with Crippen LogP contribution in [0.25, 0.3) is 0 Å². The Bertz CT molecular complexity index is 1890. The molecule has 1 N–H and O–H groups in total. The predicted molar refractivity (Wildman–Crippen MR) is 196 cm³/mol. The first kappa shape index (κ1) is 34.7. The van der Waals surface area contributed by atoms with Gasteiger partial charge in [0.15, 0.2) is 0 Å². The molecule has 264 valence electrons. The molecule has 11 heteroatoms. The summed E-state index contributed by atoms with van der Waals surface area (Å²) in [7, 11) is -1.64. The largest absolute Gasteiger partial charge is 0.490 e. The summed E-state index contributed by atoms with van der Waals surface area (Å²) in [4.78, 5) is 33.4. The molecule has 2 aromatic carbocycles. The summed E-state index contributed by atoms with van der Waals surface area (Å²) < 4.78 is 33.8. The van der Waals surface area contributed by atoms with E-state index in [0.29, 0.717) is 49.0 Å². The number of fused-ring (bicyclic) bond motifs is 4. The molecule has 1 fully saturated rings. The quantitative estimate of drug-likeness (QED) is 0.287. The van der Waals surface area contributed by atoms with Crippen LogP contribution in [0.4, 0.5) is 5.69 Å². The van der Waals surface area contributed by atoms with E-state index >= 15 is 0 Å². The van der Waals surface area contributed by atoms with E-state index in [9.17, 15) is 13.8 Å². The Balaban J connectivity index is 1.24. The Kier molecular flexibility index (Phi) is 10.3. The van der Waals surface area contributed by atoms with Crippen molar-refractivity contribution in [2.24, 2.45) is 16.2 Å². The SMILES string of the molecule is CO[C@H]1/C=C\CCCS(=O)(NC(=O)CCc2cccnc2)=NC(=O)c2ccc3c(c2)N(C[C@@H]2CC[C@H]21)C[C@@]1(CCCc2cc(Cl)ccc21)CO3. The number of allylic oxidation sites excluding steroid dienone is 1. The zero-order valence-electron chi connectivity index (χ0n) is 28.5. The van der Waals surface area contributed by atoms with Crippen LogP contribution in [0.5, 0.6) is 5.75 Å². The highest BCUT2D eigenvalue weighted by molar-refractivity contribution is 7.92. The van der Waals surface area contributed by atoms with Crippen molar-refractivity contribution in [1.29, 1.82) is 0 Å². The van der Waals surface area contributed by atoms with Gasteiger partial charge in [0.2, 0.25) is 5.91 Å². The topological polar surface area (TPSA) is 110 Å². The standard InChI is InChI=1S/C39H45ClN4O5S/c1-48-35-9-3-2-4-20-50(47,42-37(45)17-10-27-7-6-19-41-23-27)43-38(46)29-12-16-36-34(22-29)44(24-30-11-14-32(30)35)25-39(26-49-36)18-5-8-28-21-31(40)13-15-33(28)39/h3,6-7,9,12-13,15-16,19,21-23,30,32,35H,2,4-5,8,10-11,14,17-18,20,24-26H2,1H3,(H,42,43,45,46,47)/b9-3-/t30-,32+,35-,39-,50?/m0/s1. The normalized spacial score (nSPS) is 28.6. The number of ether oxygens (including phenoxy) is 2. The van der Waals surface area contributed by atoms with Gasteiger partial charge in [-0.2, -0.15) is 0 Å². The Morgan fingerprint density at radius 2 is 2.08 bits per heavy atom. The highest BCUT2D eigenvalue weighted by Crippen LogP contribution is 2.47. The average Bonchev–Trinajstić information content (AvgIpc) is 3.25. The highest BCUT2D eigenvalue weighted by Gasteiger charge is 2.44. The van der Waals surface area contributed by atoms with Crippen molar-refractivity contribution in [3.8, 4) is 5.75 Å². The maximum atomic E-state index is 14.2. The van der Waals surface area contributed by atoms with Crippen molar-refractivity contribution in [2.75, 3.05) is 37.5 Å². The van der Waals surface area contributed by atoms with Crippen molar-refractivity contribution in [2.45, 2.75) is 69.3 Å². The highest BCUT2D eigenvalue weighted by atomic mass is 35.5. The molecule has 9 nitrogen and oxygen atoms in total. The van der Waals surface area contributed by atoms with E-state index in [1.54, 1.807) is 25.6 Å². The van der Waals surface area contributed by atoms with Gasteiger partial charge in [0.05, 0.1) is 24.2 Å². The minimum Gasteiger partial charge on any atom is -0.490 e. The number of anilines is 1. The number of methoxy groups -OCH3 is 1. The van der Waals surface area contributed by atoms with Crippen LogP contribution >= 0.6 is 11.6 Å². The molecule has 7 rings (SSSR count). The lowest BCUT2D eigenvalue weighted by atomic mass is 9.68. The van der Waals surface area contributed by atoms with Gasteiger partial charge < -0.3 is 14.4 Å². The van der Waals surface area contributed by atoms with Gasteiger partial charge in [0.1, 0.15) is 15.7 Å². The number of halogens is 1. The molecule has 1 aromatic heterocycles. The molecule has 2 bridgehead atoms. The van der Waals surface area contributed by atoms with Crippen LogP contribution in [-0.4, -0.2) is 59.7 Å². The number of amides is 2. The monoisotopic (exact) mass is 716 g/mol. The van der Waals surface area contributed by atoms with Crippen LogP contribution in [-0.2, 0) is 37.7 Å². The second kappa shape index (κ2) is 14.9. The Morgan fingerprint density at radius 1 is 1.18 bits per heavy atom. The molecule has 3 aromatic rings. The molecule has 2 aliphatic heterocycles. The third kappa shape index (κ3) is 7.48. The van der Waals surface area contributed by atoms with Crippen molar-refractivity contribution in [3.63, 3.8) is 0 Å². The van der Waals surface area contributed by atoms with Gasteiger partial charge in [-0.25, -0.2) is 4.21 Å². The number of aryl methyl sites for hydroxylation is 2. The molecule has 5 atom stereocenters. The fourth-order valence-corrected chi connectivity index (χ4v) is 9.97. The number of hydrogen-bond acceptors (Lipinski definition) is 7. The van der Waals surface area contributed by atoms with Crippen LogP contribution in [0.3, 0.4) is 0 Å². The summed E-state index contributed by atoms with van der Waals surface area (Å²) in [5.74, 6) is 0.482. The first-order valence-electron chi connectivity index (χ1n) is 17.7. The molecule has 3 heterocycles. The molecule has 1 spiro atoms. The number of aromatic nitrogens is 1. The van der Waals surface area contributed by atoms with Crippen molar-refractivity contribution < 1.29 is 23.3 Å². The third-order valence-corrected chi connectivity index (χ3v) is 13.0.